The predicted molar refractivity (Wildman–Crippen MR) is 74.0 cm³/mol. The molecule has 0 unspecified atom stereocenters. The van der Waals surface area contributed by atoms with Crippen LogP contribution in [0.25, 0.3) is 0 Å². The fourth-order valence-corrected chi connectivity index (χ4v) is 1.70. The first-order chi connectivity index (χ1) is 9.90. The number of benzene rings is 1. The number of alkyl halides is 3. The molecule has 0 fully saturated rings. The van der Waals surface area contributed by atoms with Gasteiger partial charge in [0.2, 0.25) is 0 Å². The summed E-state index contributed by atoms with van der Waals surface area (Å²) in [4.78, 5) is 3.51. The number of pyridine rings is 1. The number of nitrogens with one attached hydrogen (secondary N) is 1. The number of anilines is 2. The van der Waals surface area contributed by atoms with Gasteiger partial charge in [0, 0.05) is 6.54 Å². The van der Waals surface area contributed by atoms with Gasteiger partial charge in [-0.15, -0.1) is 0 Å². The Morgan fingerprint density at radius 1 is 1.14 bits per heavy atom. The highest BCUT2D eigenvalue weighted by Crippen LogP contribution is 2.30. The van der Waals surface area contributed by atoms with Gasteiger partial charge in [-0.25, -0.2) is 4.98 Å². The average Bonchev–Trinajstić information content (AvgIpc) is 2.45. The van der Waals surface area contributed by atoms with Crippen LogP contribution in [-0.4, -0.2) is 12.1 Å². The Morgan fingerprint density at radius 3 is 2.38 bits per heavy atom. The number of rotatable bonds is 4. The van der Waals surface area contributed by atoms with Crippen molar-refractivity contribution in [3.05, 3.63) is 47.7 Å². The van der Waals surface area contributed by atoms with Crippen LogP contribution in [0.3, 0.4) is 0 Å². The highest BCUT2D eigenvalue weighted by atomic mass is 19.4. The van der Waals surface area contributed by atoms with E-state index in [2.05, 4.69) is 10.3 Å². The minimum Gasteiger partial charge on any atom is -0.497 e. The highest BCUT2D eigenvalue weighted by molar-refractivity contribution is 5.61. The molecule has 0 spiro atoms. The number of hydrogen-bond acceptors (Lipinski definition) is 4. The summed E-state index contributed by atoms with van der Waals surface area (Å²) in [5.74, 6) is 0.719. The number of nitrogens with zero attached hydrogens (tertiary/aromatic N) is 1. The van der Waals surface area contributed by atoms with E-state index in [4.69, 9.17) is 10.5 Å². The molecule has 0 aliphatic rings. The quantitative estimate of drug-likeness (QED) is 0.909. The molecule has 1 aromatic heterocycles. The van der Waals surface area contributed by atoms with E-state index in [1.54, 1.807) is 31.4 Å². The van der Waals surface area contributed by atoms with Crippen molar-refractivity contribution in [2.24, 2.45) is 0 Å². The number of halogens is 3. The molecule has 7 heteroatoms. The standard InChI is InChI=1S/C14H14F3N3O/c1-21-10-4-2-9(3-5-10)8-19-13-11(18)6-7-12(20-13)14(15,16)17/h2-7H,8,18H2,1H3,(H,19,20). The summed E-state index contributed by atoms with van der Waals surface area (Å²) >= 11 is 0. The fourth-order valence-electron chi connectivity index (χ4n) is 1.70. The lowest BCUT2D eigenvalue weighted by atomic mass is 10.2. The largest absolute Gasteiger partial charge is 0.497 e. The molecule has 2 aromatic rings. The summed E-state index contributed by atoms with van der Waals surface area (Å²) in [5, 5.41) is 2.80. The molecule has 2 rings (SSSR count). The van der Waals surface area contributed by atoms with Crippen LogP contribution < -0.4 is 15.8 Å². The Bertz CT molecular complexity index is 612. The number of hydrogen-bond donors (Lipinski definition) is 2. The van der Waals surface area contributed by atoms with Crippen LogP contribution in [-0.2, 0) is 12.7 Å². The molecule has 0 aliphatic heterocycles. The second kappa shape index (κ2) is 5.90. The molecular formula is C14H14F3N3O. The van der Waals surface area contributed by atoms with E-state index < -0.39 is 11.9 Å². The van der Waals surface area contributed by atoms with Gasteiger partial charge in [-0.05, 0) is 29.8 Å². The van der Waals surface area contributed by atoms with Crippen LogP contribution in [0.5, 0.6) is 5.75 Å². The van der Waals surface area contributed by atoms with E-state index in [1.807, 2.05) is 0 Å². The molecular weight excluding hydrogens is 283 g/mol. The van der Waals surface area contributed by atoms with E-state index in [-0.39, 0.29) is 11.5 Å². The third kappa shape index (κ3) is 3.77. The second-order valence-electron chi connectivity index (χ2n) is 4.33. The molecule has 4 nitrogen and oxygen atoms in total. The van der Waals surface area contributed by atoms with Crippen LogP contribution in [0.1, 0.15) is 11.3 Å². The van der Waals surface area contributed by atoms with Gasteiger partial charge >= 0.3 is 6.18 Å². The Kier molecular flexibility index (Phi) is 4.21. The van der Waals surface area contributed by atoms with Crippen molar-refractivity contribution in [3.63, 3.8) is 0 Å². The van der Waals surface area contributed by atoms with Crippen molar-refractivity contribution < 1.29 is 17.9 Å². The Hall–Kier alpha value is -2.44. The van der Waals surface area contributed by atoms with Crippen molar-refractivity contribution >= 4 is 11.5 Å². The van der Waals surface area contributed by atoms with Gasteiger partial charge in [-0.3, -0.25) is 0 Å². The summed E-state index contributed by atoms with van der Waals surface area (Å²) in [6, 6.07) is 9.17. The minimum atomic E-state index is -4.50. The molecule has 0 saturated carbocycles. The molecule has 3 N–H and O–H groups in total. The maximum Gasteiger partial charge on any atom is 0.433 e. The van der Waals surface area contributed by atoms with E-state index >= 15 is 0 Å². The average molecular weight is 297 g/mol. The van der Waals surface area contributed by atoms with Crippen LogP contribution >= 0.6 is 0 Å². The van der Waals surface area contributed by atoms with Gasteiger partial charge in [0.1, 0.15) is 17.3 Å². The summed E-state index contributed by atoms with van der Waals surface area (Å²) in [6.45, 7) is 0.308. The lowest BCUT2D eigenvalue weighted by Gasteiger charge is -2.12. The number of aromatic nitrogens is 1. The van der Waals surface area contributed by atoms with Crippen molar-refractivity contribution in [3.8, 4) is 5.75 Å². The summed E-state index contributed by atoms with van der Waals surface area (Å²) in [7, 11) is 1.56. The first-order valence-corrected chi connectivity index (χ1v) is 6.10. The maximum atomic E-state index is 12.6. The molecule has 1 aromatic carbocycles. The van der Waals surface area contributed by atoms with Gasteiger partial charge in [-0.2, -0.15) is 13.2 Å². The van der Waals surface area contributed by atoms with Crippen molar-refractivity contribution in [2.75, 3.05) is 18.2 Å². The summed E-state index contributed by atoms with van der Waals surface area (Å²) in [5.41, 5.74) is 5.69. The van der Waals surface area contributed by atoms with Gasteiger partial charge in [0.15, 0.2) is 0 Å². The molecule has 21 heavy (non-hydrogen) atoms. The first-order valence-electron chi connectivity index (χ1n) is 6.10. The van der Waals surface area contributed by atoms with Crippen LogP contribution in [0, 0.1) is 0 Å². The van der Waals surface area contributed by atoms with Gasteiger partial charge in [0.25, 0.3) is 0 Å². The lowest BCUT2D eigenvalue weighted by Crippen LogP contribution is -2.12. The van der Waals surface area contributed by atoms with Gasteiger partial charge in [-0.1, -0.05) is 12.1 Å². The minimum absolute atomic E-state index is 0.0145. The Morgan fingerprint density at radius 2 is 1.81 bits per heavy atom. The van der Waals surface area contributed by atoms with Gasteiger partial charge < -0.3 is 15.8 Å². The van der Waals surface area contributed by atoms with E-state index in [0.717, 1.165) is 11.6 Å². The zero-order valence-corrected chi connectivity index (χ0v) is 11.2. The van der Waals surface area contributed by atoms with Crippen LogP contribution in [0.2, 0.25) is 0 Å². The molecule has 0 amide bonds. The zero-order valence-electron chi connectivity index (χ0n) is 11.2. The number of methoxy groups -OCH3 is 1. The molecule has 0 atom stereocenters. The molecule has 0 bridgehead atoms. The fraction of sp³-hybridized carbons (Fsp3) is 0.214. The second-order valence-corrected chi connectivity index (χ2v) is 4.33. The summed E-state index contributed by atoms with van der Waals surface area (Å²) in [6.07, 6.45) is -4.50. The normalized spacial score (nSPS) is 11.2. The molecule has 0 radical (unpaired) electrons. The molecule has 0 saturated heterocycles. The van der Waals surface area contributed by atoms with Crippen molar-refractivity contribution in [2.45, 2.75) is 12.7 Å². The predicted octanol–water partition coefficient (Wildman–Crippen LogP) is 3.30. The maximum absolute atomic E-state index is 12.6. The van der Waals surface area contributed by atoms with Gasteiger partial charge in [0.05, 0.1) is 12.8 Å². The number of nitrogens with two attached hydrogens (primary N) is 1. The SMILES string of the molecule is COc1ccc(CNc2nc(C(F)(F)F)ccc2N)cc1. The topological polar surface area (TPSA) is 60.2 Å². The van der Waals surface area contributed by atoms with E-state index in [1.165, 1.54) is 6.07 Å². The molecule has 112 valence electrons. The highest BCUT2D eigenvalue weighted by Gasteiger charge is 2.32. The lowest BCUT2D eigenvalue weighted by molar-refractivity contribution is -0.141. The number of nitrogen functional groups attached to an aromatic ring is 1. The smallest absolute Gasteiger partial charge is 0.433 e. The molecule has 0 aliphatic carbocycles. The van der Waals surface area contributed by atoms with Crippen molar-refractivity contribution in [1.82, 2.24) is 4.98 Å². The van der Waals surface area contributed by atoms with E-state index in [0.29, 0.717) is 12.3 Å². The van der Waals surface area contributed by atoms with E-state index in [9.17, 15) is 13.2 Å². The van der Waals surface area contributed by atoms with Crippen LogP contribution in [0.4, 0.5) is 24.7 Å². The first kappa shape index (κ1) is 15.0. The van der Waals surface area contributed by atoms with Crippen molar-refractivity contribution in [1.29, 1.82) is 0 Å². The zero-order chi connectivity index (χ0) is 15.5. The molecule has 1 heterocycles. The monoisotopic (exact) mass is 297 g/mol. The van der Waals surface area contributed by atoms with Crippen LogP contribution in [0.15, 0.2) is 36.4 Å². The summed E-state index contributed by atoms with van der Waals surface area (Å²) < 4.78 is 42.8. The Labute approximate surface area is 119 Å². The third-order valence-corrected chi connectivity index (χ3v) is 2.84. The Balaban J connectivity index is 2.11. The third-order valence-electron chi connectivity index (χ3n) is 2.84. The number of ether oxygens (including phenoxy) is 1.